The molecule has 2 heterocycles. The van der Waals surface area contributed by atoms with Gasteiger partial charge in [-0.15, -0.1) is 23.1 Å². The van der Waals surface area contributed by atoms with Gasteiger partial charge < -0.3 is 20.3 Å². The Balaban J connectivity index is 1.24. The molecule has 1 aromatic heterocycles. The second-order valence-corrected chi connectivity index (χ2v) is 12.5. The van der Waals surface area contributed by atoms with Crippen LogP contribution in [0.2, 0.25) is 0 Å². The summed E-state index contributed by atoms with van der Waals surface area (Å²) in [6.45, 7) is 0.0788. The number of nitrogens with zero attached hydrogens (tertiary/aromatic N) is 3. The number of thiazole rings is 1. The van der Waals surface area contributed by atoms with Crippen LogP contribution in [0.3, 0.4) is 0 Å². The first-order valence-corrected chi connectivity index (χ1v) is 15.7. The number of aromatic nitrogens is 1. The summed E-state index contributed by atoms with van der Waals surface area (Å²) in [7, 11) is 3.38. The third-order valence-corrected chi connectivity index (χ3v) is 9.12. The standard InChI is InChI=1S/C30H33N5O5S2/c1-34(2)25(36)14-15-26-35(30(39)40-16-19-6-4-3-5-7-19)24(18-41-26)28(38)33-29-32-23(17-42-29)20-8-10-21(11-9-20)27(37)31-22-12-13-22/h3-11,17,22,24,26H,12-16,18H2,1-2H3,(H,31,37)(H,32,33,38). The zero-order chi connectivity index (χ0) is 29.6. The van der Waals surface area contributed by atoms with Crippen molar-refractivity contribution in [1.29, 1.82) is 0 Å². The zero-order valence-corrected chi connectivity index (χ0v) is 25.1. The van der Waals surface area contributed by atoms with Crippen molar-refractivity contribution in [3.05, 3.63) is 71.1 Å². The maximum atomic E-state index is 13.4. The topological polar surface area (TPSA) is 121 Å². The lowest BCUT2D eigenvalue weighted by Gasteiger charge is -2.28. The van der Waals surface area contributed by atoms with Crippen LogP contribution in [0.1, 0.15) is 41.6 Å². The average Bonchev–Trinajstić information content (AvgIpc) is 3.51. The molecule has 0 radical (unpaired) electrons. The molecule has 2 aliphatic rings. The number of thioether (sulfide) groups is 1. The van der Waals surface area contributed by atoms with Gasteiger partial charge in [0.25, 0.3) is 5.91 Å². The number of benzene rings is 2. The summed E-state index contributed by atoms with van der Waals surface area (Å²) in [6.07, 6.45) is 2.11. The Hall–Kier alpha value is -3.90. The van der Waals surface area contributed by atoms with Gasteiger partial charge in [-0.05, 0) is 37.0 Å². The highest BCUT2D eigenvalue weighted by Crippen LogP contribution is 2.34. The van der Waals surface area contributed by atoms with Crippen molar-refractivity contribution >= 4 is 52.0 Å². The molecule has 2 fully saturated rings. The number of nitrogens with one attached hydrogen (secondary N) is 2. The Morgan fingerprint density at radius 3 is 2.48 bits per heavy atom. The molecule has 220 valence electrons. The predicted octanol–water partition coefficient (Wildman–Crippen LogP) is 4.59. The largest absolute Gasteiger partial charge is 0.445 e. The fourth-order valence-electron chi connectivity index (χ4n) is 4.44. The molecule has 42 heavy (non-hydrogen) atoms. The van der Waals surface area contributed by atoms with E-state index in [-0.39, 0.29) is 42.2 Å². The van der Waals surface area contributed by atoms with Crippen LogP contribution < -0.4 is 10.6 Å². The van der Waals surface area contributed by atoms with Gasteiger partial charge in [0.1, 0.15) is 12.6 Å². The molecule has 1 saturated heterocycles. The third-order valence-electron chi connectivity index (χ3n) is 7.00. The van der Waals surface area contributed by atoms with Crippen LogP contribution >= 0.6 is 23.1 Å². The summed E-state index contributed by atoms with van der Waals surface area (Å²) in [4.78, 5) is 58.7. The Bertz CT molecular complexity index is 1430. The minimum absolute atomic E-state index is 0.0482. The maximum absolute atomic E-state index is 13.4. The van der Waals surface area contributed by atoms with Crippen molar-refractivity contribution in [2.45, 2.75) is 49.7 Å². The summed E-state index contributed by atoms with van der Waals surface area (Å²) in [6, 6.07) is 16.0. The molecule has 1 aliphatic carbocycles. The van der Waals surface area contributed by atoms with Crippen LogP contribution in [0.15, 0.2) is 60.0 Å². The van der Waals surface area contributed by atoms with Crippen LogP contribution in [0.4, 0.5) is 9.93 Å². The first kappa shape index (κ1) is 29.6. The highest BCUT2D eigenvalue weighted by Gasteiger charge is 2.43. The van der Waals surface area contributed by atoms with E-state index in [1.807, 2.05) is 47.8 Å². The number of amides is 4. The van der Waals surface area contributed by atoms with E-state index >= 15 is 0 Å². The average molecular weight is 608 g/mol. The molecule has 0 bridgehead atoms. The first-order valence-electron chi connectivity index (χ1n) is 13.8. The van der Waals surface area contributed by atoms with Crippen LogP contribution in [-0.4, -0.2) is 75.9 Å². The van der Waals surface area contributed by atoms with E-state index in [1.54, 1.807) is 26.2 Å². The number of carbonyl (C=O) groups excluding carboxylic acids is 4. The summed E-state index contributed by atoms with van der Waals surface area (Å²) in [5, 5.41) is 7.69. The fourth-order valence-corrected chi connectivity index (χ4v) is 6.56. The predicted molar refractivity (Wildman–Crippen MR) is 163 cm³/mol. The van der Waals surface area contributed by atoms with E-state index in [0.717, 1.165) is 24.0 Å². The van der Waals surface area contributed by atoms with Crippen LogP contribution in [0, 0.1) is 0 Å². The molecule has 1 aliphatic heterocycles. The second-order valence-electron chi connectivity index (χ2n) is 10.4. The molecule has 4 amide bonds. The van der Waals surface area contributed by atoms with Crippen molar-refractivity contribution in [3.63, 3.8) is 0 Å². The second kappa shape index (κ2) is 13.4. The van der Waals surface area contributed by atoms with Crippen molar-refractivity contribution in [2.75, 3.05) is 25.2 Å². The van der Waals surface area contributed by atoms with E-state index in [0.29, 0.717) is 28.6 Å². The number of ether oxygens (including phenoxy) is 1. The van der Waals surface area contributed by atoms with E-state index in [1.165, 1.54) is 32.9 Å². The lowest BCUT2D eigenvalue weighted by molar-refractivity contribution is -0.128. The van der Waals surface area contributed by atoms with Gasteiger partial charge in [-0.25, -0.2) is 9.78 Å². The molecule has 2 unspecified atom stereocenters. The molecular weight excluding hydrogens is 574 g/mol. The minimum Gasteiger partial charge on any atom is -0.445 e. The summed E-state index contributed by atoms with van der Waals surface area (Å²) in [5.41, 5.74) is 2.92. The SMILES string of the molecule is CN(C)C(=O)CCC1SCC(C(=O)Nc2nc(-c3ccc(C(=O)NC4CC4)cc3)cs2)N1C(=O)OCc1ccccc1. The molecule has 3 aromatic rings. The van der Waals surface area contributed by atoms with Crippen molar-refractivity contribution in [1.82, 2.24) is 20.1 Å². The van der Waals surface area contributed by atoms with Crippen LogP contribution in [0.5, 0.6) is 0 Å². The Labute approximate surface area is 252 Å². The molecule has 5 rings (SSSR count). The quantitative estimate of drug-likeness (QED) is 0.346. The minimum atomic E-state index is -0.783. The summed E-state index contributed by atoms with van der Waals surface area (Å²) >= 11 is 2.74. The monoisotopic (exact) mass is 607 g/mol. The number of hydrogen-bond acceptors (Lipinski definition) is 8. The molecule has 2 aromatic carbocycles. The molecular formula is C30H33N5O5S2. The van der Waals surface area contributed by atoms with Crippen molar-refractivity contribution < 1.29 is 23.9 Å². The van der Waals surface area contributed by atoms with Gasteiger partial charge in [0, 0.05) is 48.8 Å². The van der Waals surface area contributed by atoms with Gasteiger partial charge in [0.05, 0.1) is 11.1 Å². The molecule has 12 heteroatoms. The van der Waals surface area contributed by atoms with Crippen LogP contribution in [0.25, 0.3) is 11.3 Å². The highest BCUT2D eigenvalue weighted by molar-refractivity contribution is 8.00. The third kappa shape index (κ3) is 7.48. The van der Waals surface area contributed by atoms with Gasteiger partial charge in [0.2, 0.25) is 11.8 Å². The maximum Gasteiger partial charge on any atom is 0.411 e. The Morgan fingerprint density at radius 2 is 1.79 bits per heavy atom. The molecule has 2 N–H and O–H groups in total. The Morgan fingerprint density at radius 1 is 1.05 bits per heavy atom. The van der Waals surface area contributed by atoms with E-state index in [4.69, 9.17) is 4.74 Å². The van der Waals surface area contributed by atoms with E-state index < -0.39 is 12.1 Å². The fraction of sp³-hybridized carbons (Fsp3) is 0.367. The highest BCUT2D eigenvalue weighted by atomic mass is 32.2. The van der Waals surface area contributed by atoms with E-state index in [2.05, 4.69) is 15.6 Å². The number of anilines is 1. The van der Waals surface area contributed by atoms with E-state index in [9.17, 15) is 19.2 Å². The summed E-state index contributed by atoms with van der Waals surface area (Å²) in [5.74, 6) is -0.127. The summed E-state index contributed by atoms with van der Waals surface area (Å²) < 4.78 is 5.60. The Kier molecular flexibility index (Phi) is 9.43. The van der Waals surface area contributed by atoms with Gasteiger partial charge in [-0.1, -0.05) is 42.5 Å². The zero-order valence-electron chi connectivity index (χ0n) is 23.4. The van der Waals surface area contributed by atoms with Gasteiger partial charge in [0.15, 0.2) is 5.13 Å². The number of carbonyl (C=O) groups is 4. The van der Waals surface area contributed by atoms with Crippen molar-refractivity contribution in [2.24, 2.45) is 0 Å². The number of rotatable bonds is 10. The van der Waals surface area contributed by atoms with Crippen LogP contribution in [-0.2, 0) is 20.9 Å². The van der Waals surface area contributed by atoms with Crippen molar-refractivity contribution in [3.8, 4) is 11.3 Å². The number of hydrogen-bond donors (Lipinski definition) is 2. The molecule has 0 spiro atoms. The molecule has 1 saturated carbocycles. The van der Waals surface area contributed by atoms with Gasteiger partial charge >= 0.3 is 6.09 Å². The van der Waals surface area contributed by atoms with Gasteiger partial charge in [-0.2, -0.15) is 0 Å². The first-order chi connectivity index (χ1) is 20.3. The lowest BCUT2D eigenvalue weighted by Crippen LogP contribution is -2.48. The normalized spacial score (nSPS) is 17.9. The van der Waals surface area contributed by atoms with Gasteiger partial charge in [-0.3, -0.25) is 19.3 Å². The molecule has 10 nitrogen and oxygen atoms in total. The lowest BCUT2D eigenvalue weighted by atomic mass is 10.1. The smallest absolute Gasteiger partial charge is 0.411 e. The molecule has 2 atom stereocenters.